The van der Waals surface area contributed by atoms with E-state index in [1.165, 1.54) is 9.75 Å². The number of pyridine rings is 2. The second-order valence-corrected chi connectivity index (χ2v) is 11.6. The van der Waals surface area contributed by atoms with Gasteiger partial charge in [-0.2, -0.15) is 0 Å². The summed E-state index contributed by atoms with van der Waals surface area (Å²) in [5.41, 5.74) is 5.03. The summed E-state index contributed by atoms with van der Waals surface area (Å²) in [7, 11) is 0. The van der Waals surface area contributed by atoms with Crippen molar-refractivity contribution in [3.05, 3.63) is 134 Å². The van der Waals surface area contributed by atoms with Crippen LogP contribution in [0.15, 0.2) is 96.0 Å². The van der Waals surface area contributed by atoms with Crippen molar-refractivity contribution < 1.29 is 5.11 Å². The molecule has 0 spiro atoms. The summed E-state index contributed by atoms with van der Waals surface area (Å²) in [6.07, 6.45) is 3.65. The highest BCUT2D eigenvalue weighted by atomic mass is 32.1. The normalized spacial score (nSPS) is 11.4. The molecule has 0 fully saturated rings. The fraction of sp³-hybridized carbons (Fsp3) is 0.226. The van der Waals surface area contributed by atoms with Gasteiger partial charge in [0.2, 0.25) is 0 Å². The first-order valence-electron chi connectivity index (χ1n) is 12.7. The molecule has 0 aliphatic heterocycles. The van der Waals surface area contributed by atoms with Gasteiger partial charge in [0, 0.05) is 72.5 Å². The van der Waals surface area contributed by atoms with Crippen LogP contribution in [0.1, 0.15) is 37.8 Å². The molecule has 1 aromatic carbocycles. The number of rotatable bonds is 12. The molecule has 1 N–H and O–H groups in total. The van der Waals surface area contributed by atoms with E-state index in [0.29, 0.717) is 31.9 Å². The average Bonchev–Trinajstić information content (AvgIpc) is 3.63. The number of phenols is 1. The average molecular weight is 541 g/mol. The molecule has 194 valence electrons. The number of aromatic nitrogens is 2. The Kier molecular flexibility index (Phi) is 8.94. The Hall–Kier alpha value is -3.36. The van der Waals surface area contributed by atoms with E-state index in [0.717, 1.165) is 41.2 Å². The van der Waals surface area contributed by atoms with Crippen LogP contribution in [-0.2, 0) is 39.3 Å². The summed E-state index contributed by atoms with van der Waals surface area (Å²) in [5, 5.41) is 15.8. The SMILES string of the molecule is Cc1cc(CN(Cc2ccccn2)Cc2ccccn2)c(O)c(CN(Cc2cccs2)Cc2cccs2)c1. The highest BCUT2D eigenvalue weighted by Crippen LogP contribution is 2.30. The molecule has 7 heteroatoms. The van der Waals surface area contributed by atoms with Crippen molar-refractivity contribution in [1.82, 2.24) is 19.8 Å². The minimum atomic E-state index is 0.380. The first kappa shape index (κ1) is 26.3. The van der Waals surface area contributed by atoms with Gasteiger partial charge in [-0.05, 0) is 54.1 Å². The van der Waals surface area contributed by atoms with Crippen molar-refractivity contribution >= 4 is 22.7 Å². The fourth-order valence-corrected chi connectivity index (χ4v) is 6.17. The first-order valence-corrected chi connectivity index (χ1v) is 14.5. The van der Waals surface area contributed by atoms with Crippen molar-refractivity contribution in [2.45, 2.75) is 46.2 Å². The molecule has 4 aromatic heterocycles. The van der Waals surface area contributed by atoms with Crippen LogP contribution in [0.25, 0.3) is 0 Å². The van der Waals surface area contributed by atoms with E-state index < -0.39 is 0 Å². The largest absolute Gasteiger partial charge is 0.507 e. The van der Waals surface area contributed by atoms with Gasteiger partial charge < -0.3 is 5.11 Å². The summed E-state index contributed by atoms with van der Waals surface area (Å²) in [6, 6.07) is 24.8. The second-order valence-electron chi connectivity index (χ2n) is 9.52. The van der Waals surface area contributed by atoms with Crippen LogP contribution in [-0.4, -0.2) is 24.9 Å². The van der Waals surface area contributed by atoms with Gasteiger partial charge in [-0.1, -0.05) is 42.0 Å². The van der Waals surface area contributed by atoms with Crippen molar-refractivity contribution in [3.8, 4) is 5.75 Å². The van der Waals surface area contributed by atoms with E-state index >= 15 is 0 Å². The zero-order chi connectivity index (χ0) is 26.2. The molecule has 0 unspecified atom stereocenters. The number of aryl methyl sites for hydroxylation is 1. The van der Waals surface area contributed by atoms with Crippen molar-refractivity contribution in [2.24, 2.45) is 0 Å². The predicted octanol–water partition coefficient (Wildman–Crippen LogP) is 7.02. The zero-order valence-corrected chi connectivity index (χ0v) is 23.2. The second kappa shape index (κ2) is 12.9. The molecule has 0 saturated carbocycles. The molecular formula is C31H32N4OS2. The zero-order valence-electron chi connectivity index (χ0n) is 21.5. The van der Waals surface area contributed by atoms with Crippen LogP contribution in [0.4, 0.5) is 0 Å². The number of phenolic OH excluding ortho intramolecular Hbond substituents is 1. The molecule has 38 heavy (non-hydrogen) atoms. The van der Waals surface area contributed by atoms with Gasteiger partial charge in [0.25, 0.3) is 0 Å². The van der Waals surface area contributed by atoms with Crippen LogP contribution in [0, 0.1) is 6.92 Å². The molecule has 0 aliphatic carbocycles. The van der Waals surface area contributed by atoms with Gasteiger partial charge in [-0.3, -0.25) is 19.8 Å². The maximum Gasteiger partial charge on any atom is 0.124 e. The number of hydrogen-bond donors (Lipinski definition) is 1. The molecule has 5 nitrogen and oxygen atoms in total. The summed E-state index contributed by atoms with van der Waals surface area (Å²) in [6.45, 7) is 6.43. The van der Waals surface area contributed by atoms with Crippen molar-refractivity contribution in [3.63, 3.8) is 0 Å². The van der Waals surface area contributed by atoms with Crippen LogP contribution in [0.2, 0.25) is 0 Å². The molecule has 5 rings (SSSR count). The lowest BCUT2D eigenvalue weighted by Crippen LogP contribution is -2.24. The number of nitrogens with zero attached hydrogens (tertiary/aromatic N) is 4. The van der Waals surface area contributed by atoms with Gasteiger partial charge >= 0.3 is 0 Å². The quantitative estimate of drug-likeness (QED) is 0.184. The van der Waals surface area contributed by atoms with Crippen LogP contribution in [0.3, 0.4) is 0 Å². The van der Waals surface area contributed by atoms with Gasteiger partial charge in [0.15, 0.2) is 0 Å². The molecule has 4 heterocycles. The third-order valence-corrected chi connectivity index (χ3v) is 8.06. The Labute approximate surface area is 232 Å². The summed E-state index contributed by atoms with van der Waals surface area (Å²) in [5.74, 6) is 0.380. The fourth-order valence-electron chi connectivity index (χ4n) is 4.68. The van der Waals surface area contributed by atoms with Gasteiger partial charge in [0.05, 0.1) is 11.4 Å². The Bertz CT molecular complexity index is 1310. The van der Waals surface area contributed by atoms with Crippen LogP contribution < -0.4 is 0 Å². The van der Waals surface area contributed by atoms with E-state index in [9.17, 15) is 5.11 Å². The van der Waals surface area contributed by atoms with Crippen molar-refractivity contribution in [1.29, 1.82) is 0 Å². The Morgan fingerprint density at radius 2 is 1.13 bits per heavy atom. The predicted molar refractivity (Wildman–Crippen MR) is 156 cm³/mol. The Balaban J connectivity index is 1.39. The summed E-state index contributed by atoms with van der Waals surface area (Å²) < 4.78 is 0. The number of hydrogen-bond acceptors (Lipinski definition) is 7. The minimum absolute atomic E-state index is 0.380. The minimum Gasteiger partial charge on any atom is -0.507 e. The molecule has 0 saturated heterocycles. The molecule has 0 amide bonds. The number of thiophene rings is 2. The summed E-state index contributed by atoms with van der Waals surface area (Å²) in [4.78, 5) is 16.4. The van der Waals surface area contributed by atoms with E-state index in [1.807, 2.05) is 48.8 Å². The van der Waals surface area contributed by atoms with Gasteiger partial charge in [-0.15, -0.1) is 22.7 Å². The smallest absolute Gasteiger partial charge is 0.124 e. The standard InChI is InChI=1S/C31H32N4OS2/c1-24-16-25(18-34(20-27-8-2-4-12-32-27)21-28-9-3-5-13-33-28)31(36)26(17-24)19-35(22-29-10-6-14-37-29)23-30-11-7-15-38-30/h2-17,36H,18-23H2,1H3. The van der Waals surface area contributed by atoms with Crippen molar-refractivity contribution in [2.75, 3.05) is 0 Å². The van der Waals surface area contributed by atoms with E-state index in [2.05, 4.69) is 73.8 Å². The highest BCUT2D eigenvalue weighted by Gasteiger charge is 2.18. The van der Waals surface area contributed by atoms with Crippen LogP contribution in [0.5, 0.6) is 5.75 Å². The number of benzene rings is 1. The number of aromatic hydroxyl groups is 1. The lowest BCUT2D eigenvalue weighted by atomic mass is 10.0. The summed E-state index contributed by atoms with van der Waals surface area (Å²) >= 11 is 3.55. The maximum atomic E-state index is 11.5. The third-order valence-electron chi connectivity index (χ3n) is 6.34. The highest BCUT2D eigenvalue weighted by molar-refractivity contribution is 7.10. The monoisotopic (exact) mass is 540 g/mol. The van der Waals surface area contributed by atoms with E-state index in [-0.39, 0.29) is 0 Å². The first-order chi connectivity index (χ1) is 18.6. The maximum absolute atomic E-state index is 11.5. The lowest BCUT2D eigenvalue weighted by molar-refractivity contribution is 0.234. The Morgan fingerprint density at radius 3 is 1.55 bits per heavy atom. The van der Waals surface area contributed by atoms with E-state index in [4.69, 9.17) is 0 Å². The Morgan fingerprint density at radius 1 is 0.632 bits per heavy atom. The molecular weight excluding hydrogens is 509 g/mol. The molecule has 0 bridgehead atoms. The van der Waals surface area contributed by atoms with Gasteiger partial charge in [-0.25, -0.2) is 0 Å². The topological polar surface area (TPSA) is 52.5 Å². The lowest BCUT2D eigenvalue weighted by Gasteiger charge is -2.25. The van der Waals surface area contributed by atoms with E-state index in [1.54, 1.807) is 22.7 Å². The third kappa shape index (κ3) is 7.36. The van der Waals surface area contributed by atoms with Gasteiger partial charge in [0.1, 0.15) is 5.75 Å². The molecule has 0 radical (unpaired) electrons. The van der Waals surface area contributed by atoms with Crippen LogP contribution >= 0.6 is 22.7 Å². The molecule has 0 aliphatic rings. The molecule has 0 atom stereocenters. The molecule has 5 aromatic rings.